The van der Waals surface area contributed by atoms with Crippen LogP contribution in [0.1, 0.15) is 28.8 Å². The molecular formula is C22H23N5O. The minimum atomic E-state index is -0.106. The van der Waals surface area contributed by atoms with Gasteiger partial charge in [-0.1, -0.05) is 36.4 Å². The Labute approximate surface area is 164 Å². The number of hydrogen-bond acceptors (Lipinski definition) is 5. The van der Waals surface area contributed by atoms with Crippen LogP contribution >= 0.6 is 0 Å². The van der Waals surface area contributed by atoms with Crippen LogP contribution in [0, 0.1) is 0 Å². The zero-order chi connectivity index (χ0) is 19.2. The third-order valence-corrected chi connectivity index (χ3v) is 5.00. The van der Waals surface area contributed by atoms with Crippen molar-refractivity contribution in [3.63, 3.8) is 0 Å². The highest BCUT2D eigenvalue weighted by molar-refractivity contribution is 5.93. The quantitative estimate of drug-likeness (QED) is 0.745. The number of hydrogen-bond donors (Lipinski definition) is 1. The molecule has 1 fully saturated rings. The standard InChI is InChI=1S/C22H23N5O/c28-22(19-14-24-21(25-15-19)18-6-2-1-3-7-18)26-20-8-11-27(12-9-20)16-17-5-4-10-23-13-17/h1-7,10,13-15,20H,8-9,11-12,16H2,(H,26,28). The normalized spacial score (nSPS) is 15.3. The van der Waals surface area contributed by atoms with Gasteiger partial charge in [-0.15, -0.1) is 0 Å². The highest BCUT2D eigenvalue weighted by Crippen LogP contribution is 2.15. The molecule has 6 heteroatoms. The predicted molar refractivity (Wildman–Crippen MR) is 107 cm³/mol. The Morgan fingerprint density at radius 3 is 2.43 bits per heavy atom. The van der Waals surface area contributed by atoms with Gasteiger partial charge >= 0.3 is 0 Å². The molecule has 4 rings (SSSR count). The first-order valence-electron chi connectivity index (χ1n) is 9.57. The van der Waals surface area contributed by atoms with Crippen molar-refractivity contribution < 1.29 is 4.79 Å². The smallest absolute Gasteiger partial charge is 0.254 e. The largest absolute Gasteiger partial charge is 0.349 e. The summed E-state index contributed by atoms with van der Waals surface area (Å²) in [7, 11) is 0. The van der Waals surface area contributed by atoms with Gasteiger partial charge in [-0.05, 0) is 24.5 Å². The number of carbonyl (C=O) groups is 1. The monoisotopic (exact) mass is 373 g/mol. The summed E-state index contributed by atoms with van der Waals surface area (Å²) < 4.78 is 0. The molecule has 0 bridgehead atoms. The van der Waals surface area contributed by atoms with Crippen molar-refractivity contribution in [3.8, 4) is 11.4 Å². The number of piperidine rings is 1. The maximum Gasteiger partial charge on any atom is 0.254 e. The fourth-order valence-corrected chi connectivity index (χ4v) is 3.44. The second-order valence-electron chi connectivity index (χ2n) is 7.05. The summed E-state index contributed by atoms with van der Waals surface area (Å²) >= 11 is 0. The number of nitrogens with zero attached hydrogens (tertiary/aromatic N) is 4. The van der Waals surface area contributed by atoms with Crippen LogP contribution in [-0.4, -0.2) is 44.9 Å². The van der Waals surface area contributed by atoms with Gasteiger partial charge in [0.25, 0.3) is 5.91 Å². The molecule has 1 amide bonds. The van der Waals surface area contributed by atoms with Crippen LogP contribution in [0.4, 0.5) is 0 Å². The van der Waals surface area contributed by atoms with Crippen molar-refractivity contribution in [2.75, 3.05) is 13.1 Å². The Morgan fingerprint density at radius 2 is 1.75 bits per heavy atom. The first-order chi connectivity index (χ1) is 13.8. The molecule has 3 heterocycles. The molecule has 28 heavy (non-hydrogen) atoms. The average Bonchev–Trinajstić information content (AvgIpc) is 2.76. The lowest BCUT2D eigenvalue weighted by Crippen LogP contribution is -2.44. The Morgan fingerprint density at radius 1 is 1.00 bits per heavy atom. The molecule has 1 aliphatic heterocycles. The molecule has 0 aliphatic carbocycles. The number of likely N-dealkylation sites (tertiary alicyclic amines) is 1. The summed E-state index contributed by atoms with van der Waals surface area (Å²) in [6.07, 6.45) is 8.78. The van der Waals surface area contributed by atoms with Crippen molar-refractivity contribution >= 4 is 5.91 Å². The maximum atomic E-state index is 12.5. The first kappa shape index (κ1) is 18.3. The number of aromatic nitrogens is 3. The van der Waals surface area contributed by atoms with Crippen LogP contribution in [0.15, 0.2) is 67.3 Å². The molecule has 0 saturated carbocycles. The molecule has 0 unspecified atom stereocenters. The number of rotatable bonds is 5. The van der Waals surface area contributed by atoms with Gasteiger partial charge in [0.2, 0.25) is 0 Å². The lowest BCUT2D eigenvalue weighted by molar-refractivity contribution is 0.0908. The van der Waals surface area contributed by atoms with Crippen LogP contribution < -0.4 is 5.32 Å². The fraction of sp³-hybridized carbons (Fsp3) is 0.273. The third-order valence-electron chi connectivity index (χ3n) is 5.00. The predicted octanol–water partition coefficient (Wildman–Crippen LogP) is 2.93. The summed E-state index contributed by atoms with van der Waals surface area (Å²) in [5, 5.41) is 3.12. The van der Waals surface area contributed by atoms with E-state index in [-0.39, 0.29) is 11.9 Å². The molecular weight excluding hydrogens is 350 g/mol. The van der Waals surface area contributed by atoms with E-state index < -0.39 is 0 Å². The minimum Gasteiger partial charge on any atom is -0.349 e. The Kier molecular flexibility index (Phi) is 5.68. The van der Waals surface area contributed by atoms with E-state index in [2.05, 4.69) is 31.2 Å². The molecule has 0 spiro atoms. The van der Waals surface area contributed by atoms with Gasteiger partial charge in [-0.2, -0.15) is 0 Å². The molecule has 142 valence electrons. The van der Waals surface area contributed by atoms with Gasteiger partial charge in [0.15, 0.2) is 5.82 Å². The first-order valence-corrected chi connectivity index (χ1v) is 9.57. The van der Waals surface area contributed by atoms with Gasteiger partial charge in [0.1, 0.15) is 0 Å². The van der Waals surface area contributed by atoms with E-state index in [0.717, 1.165) is 38.0 Å². The van der Waals surface area contributed by atoms with Crippen molar-refractivity contribution in [2.24, 2.45) is 0 Å². The van der Waals surface area contributed by atoms with Crippen LogP contribution in [0.3, 0.4) is 0 Å². The third kappa shape index (κ3) is 4.58. The zero-order valence-electron chi connectivity index (χ0n) is 15.7. The van der Waals surface area contributed by atoms with E-state index in [9.17, 15) is 4.79 Å². The molecule has 0 atom stereocenters. The number of pyridine rings is 1. The fourth-order valence-electron chi connectivity index (χ4n) is 3.44. The number of benzene rings is 1. The summed E-state index contributed by atoms with van der Waals surface area (Å²) in [5.74, 6) is 0.520. The summed E-state index contributed by atoms with van der Waals surface area (Å²) in [6.45, 7) is 2.83. The number of carbonyl (C=O) groups excluding carboxylic acids is 1. The van der Waals surface area contributed by atoms with Crippen LogP contribution in [-0.2, 0) is 6.54 Å². The number of nitrogens with one attached hydrogen (secondary N) is 1. The van der Waals surface area contributed by atoms with E-state index in [1.165, 1.54) is 5.56 Å². The topological polar surface area (TPSA) is 71.0 Å². The molecule has 0 radical (unpaired) electrons. The molecule has 1 N–H and O–H groups in total. The maximum absolute atomic E-state index is 12.5. The SMILES string of the molecule is O=C(NC1CCN(Cc2cccnc2)CC1)c1cnc(-c2ccccc2)nc1. The van der Waals surface area contributed by atoms with Crippen LogP contribution in [0.2, 0.25) is 0 Å². The van der Waals surface area contributed by atoms with Gasteiger partial charge in [-0.25, -0.2) is 9.97 Å². The Balaban J connectivity index is 1.29. The molecule has 3 aromatic rings. The lowest BCUT2D eigenvalue weighted by atomic mass is 10.0. The van der Waals surface area contributed by atoms with E-state index in [1.807, 2.05) is 42.6 Å². The van der Waals surface area contributed by atoms with Crippen molar-refractivity contribution in [1.29, 1.82) is 0 Å². The van der Waals surface area contributed by atoms with Crippen LogP contribution in [0.25, 0.3) is 11.4 Å². The summed E-state index contributed by atoms with van der Waals surface area (Å²) in [5.41, 5.74) is 2.66. The van der Waals surface area contributed by atoms with Crippen molar-refractivity contribution in [2.45, 2.75) is 25.4 Å². The Bertz CT molecular complexity index is 891. The molecule has 6 nitrogen and oxygen atoms in total. The highest BCUT2D eigenvalue weighted by Gasteiger charge is 2.21. The molecule has 2 aromatic heterocycles. The number of amides is 1. The highest BCUT2D eigenvalue weighted by atomic mass is 16.1. The molecule has 1 aliphatic rings. The summed E-state index contributed by atoms with van der Waals surface area (Å²) in [4.78, 5) is 27.8. The lowest BCUT2D eigenvalue weighted by Gasteiger charge is -2.32. The van der Waals surface area contributed by atoms with Gasteiger partial charge in [0, 0.05) is 56.0 Å². The van der Waals surface area contributed by atoms with Crippen LogP contribution in [0.5, 0.6) is 0 Å². The van der Waals surface area contributed by atoms with Crippen molar-refractivity contribution in [3.05, 3.63) is 78.4 Å². The van der Waals surface area contributed by atoms with Gasteiger partial charge < -0.3 is 5.32 Å². The molecule has 1 saturated heterocycles. The van der Waals surface area contributed by atoms with E-state index in [1.54, 1.807) is 18.6 Å². The Hall–Kier alpha value is -3.12. The molecule has 1 aromatic carbocycles. The van der Waals surface area contributed by atoms with E-state index in [0.29, 0.717) is 11.4 Å². The van der Waals surface area contributed by atoms with Gasteiger partial charge in [0.05, 0.1) is 5.56 Å². The van der Waals surface area contributed by atoms with E-state index in [4.69, 9.17) is 0 Å². The van der Waals surface area contributed by atoms with E-state index >= 15 is 0 Å². The average molecular weight is 373 g/mol. The minimum absolute atomic E-state index is 0.106. The second-order valence-corrected chi connectivity index (χ2v) is 7.05. The van der Waals surface area contributed by atoms with Gasteiger partial charge in [-0.3, -0.25) is 14.7 Å². The zero-order valence-corrected chi connectivity index (χ0v) is 15.7. The van der Waals surface area contributed by atoms with Crippen molar-refractivity contribution in [1.82, 2.24) is 25.2 Å². The summed E-state index contributed by atoms with van der Waals surface area (Å²) in [6, 6.07) is 14.0. The second kappa shape index (κ2) is 8.71.